The first-order valence-electron chi connectivity index (χ1n) is 7.01. The number of carboxylic acid groups (broad SMARTS) is 1. The van der Waals surface area contributed by atoms with Gasteiger partial charge in [-0.15, -0.1) is 0 Å². The van der Waals surface area contributed by atoms with E-state index in [4.69, 9.17) is 4.74 Å². The molecule has 0 bridgehead atoms. The SMILES string of the molecule is CCCOC(CC)(C(=O)O)c1cccc2ccccc12. The van der Waals surface area contributed by atoms with E-state index >= 15 is 0 Å². The van der Waals surface area contributed by atoms with Gasteiger partial charge in [-0.05, 0) is 23.6 Å². The lowest BCUT2D eigenvalue weighted by atomic mass is 9.87. The molecule has 0 amide bonds. The summed E-state index contributed by atoms with van der Waals surface area (Å²) in [6.45, 7) is 4.26. The molecule has 2 aromatic rings. The topological polar surface area (TPSA) is 46.5 Å². The van der Waals surface area contributed by atoms with Gasteiger partial charge in [0.25, 0.3) is 0 Å². The highest BCUT2D eigenvalue weighted by Crippen LogP contribution is 2.35. The van der Waals surface area contributed by atoms with Crippen molar-refractivity contribution in [2.75, 3.05) is 6.61 Å². The van der Waals surface area contributed by atoms with Crippen LogP contribution in [0.25, 0.3) is 10.8 Å². The van der Waals surface area contributed by atoms with Gasteiger partial charge in [-0.1, -0.05) is 56.3 Å². The van der Waals surface area contributed by atoms with Gasteiger partial charge in [-0.2, -0.15) is 0 Å². The monoisotopic (exact) mass is 272 g/mol. The van der Waals surface area contributed by atoms with Crippen LogP contribution < -0.4 is 0 Å². The second-order valence-corrected chi connectivity index (χ2v) is 4.86. The molecule has 1 unspecified atom stereocenters. The molecule has 0 saturated heterocycles. The van der Waals surface area contributed by atoms with E-state index in [1.54, 1.807) is 0 Å². The minimum atomic E-state index is -1.27. The van der Waals surface area contributed by atoms with Gasteiger partial charge >= 0.3 is 5.97 Å². The Morgan fingerprint density at radius 1 is 1.15 bits per heavy atom. The molecular formula is C17H20O3. The van der Waals surface area contributed by atoms with Gasteiger partial charge in [0.2, 0.25) is 0 Å². The number of fused-ring (bicyclic) bond motifs is 1. The first-order chi connectivity index (χ1) is 9.65. The van der Waals surface area contributed by atoms with E-state index in [9.17, 15) is 9.90 Å². The number of aliphatic carboxylic acids is 1. The molecule has 0 aliphatic carbocycles. The number of hydrogen-bond acceptors (Lipinski definition) is 2. The summed E-state index contributed by atoms with van der Waals surface area (Å²) >= 11 is 0. The largest absolute Gasteiger partial charge is 0.479 e. The van der Waals surface area contributed by atoms with Crippen LogP contribution in [-0.2, 0) is 15.1 Å². The second kappa shape index (κ2) is 6.06. The van der Waals surface area contributed by atoms with Crippen molar-refractivity contribution in [1.82, 2.24) is 0 Å². The smallest absolute Gasteiger partial charge is 0.340 e. The molecule has 20 heavy (non-hydrogen) atoms. The summed E-state index contributed by atoms with van der Waals surface area (Å²) in [4.78, 5) is 11.9. The van der Waals surface area contributed by atoms with Gasteiger partial charge in [0.05, 0.1) is 0 Å². The van der Waals surface area contributed by atoms with Crippen molar-refractivity contribution in [3.63, 3.8) is 0 Å². The average molecular weight is 272 g/mol. The highest BCUT2D eigenvalue weighted by molar-refractivity contribution is 5.92. The predicted molar refractivity (Wildman–Crippen MR) is 79.8 cm³/mol. The fourth-order valence-electron chi connectivity index (χ4n) is 2.55. The maximum absolute atomic E-state index is 11.9. The Kier molecular flexibility index (Phi) is 4.40. The number of rotatable bonds is 6. The molecule has 0 fully saturated rings. The van der Waals surface area contributed by atoms with Crippen LogP contribution in [0.2, 0.25) is 0 Å². The van der Waals surface area contributed by atoms with Gasteiger partial charge in [-0.25, -0.2) is 4.79 Å². The summed E-state index contributed by atoms with van der Waals surface area (Å²) in [6, 6.07) is 13.5. The van der Waals surface area contributed by atoms with Crippen LogP contribution in [0.15, 0.2) is 42.5 Å². The first kappa shape index (κ1) is 14.5. The van der Waals surface area contributed by atoms with Crippen molar-refractivity contribution in [3.05, 3.63) is 48.0 Å². The summed E-state index contributed by atoms with van der Waals surface area (Å²) in [7, 11) is 0. The Bertz CT molecular complexity index is 601. The molecule has 1 N–H and O–H groups in total. The van der Waals surface area contributed by atoms with Crippen molar-refractivity contribution in [3.8, 4) is 0 Å². The van der Waals surface area contributed by atoms with E-state index in [2.05, 4.69) is 0 Å². The summed E-state index contributed by atoms with van der Waals surface area (Å²) < 4.78 is 5.78. The molecule has 0 spiro atoms. The summed E-state index contributed by atoms with van der Waals surface area (Å²) in [5.74, 6) is -0.926. The molecule has 2 rings (SSSR count). The average Bonchev–Trinajstić information content (AvgIpc) is 2.48. The van der Waals surface area contributed by atoms with E-state index in [0.29, 0.717) is 13.0 Å². The number of ether oxygens (including phenoxy) is 1. The standard InChI is InChI=1S/C17H20O3/c1-3-12-20-17(4-2,16(18)19)15-11-7-9-13-8-5-6-10-14(13)15/h5-11H,3-4,12H2,1-2H3,(H,18,19). The fraction of sp³-hybridized carbons (Fsp3) is 0.353. The third kappa shape index (κ3) is 2.41. The third-order valence-electron chi connectivity index (χ3n) is 3.62. The van der Waals surface area contributed by atoms with Gasteiger partial charge in [0.1, 0.15) is 0 Å². The molecule has 0 heterocycles. The molecule has 1 atom stereocenters. The molecule has 106 valence electrons. The van der Waals surface area contributed by atoms with Crippen LogP contribution in [0.3, 0.4) is 0 Å². The lowest BCUT2D eigenvalue weighted by Gasteiger charge is -2.30. The van der Waals surface area contributed by atoms with Crippen molar-refractivity contribution in [1.29, 1.82) is 0 Å². The Balaban J connectivity index is 2.64. The normalized spacial score (nSPS) is 14.1. The molecule has 0 aromatic heterocycles. The van der Waals surface area contributed by atoms with Crippen LogP contribution in [0.1, 0.15) is 32.3 Å². The molecule has 0 aliphatic heterocycles. The van der Waals surface area contributed by atoms with Gasteiger partial charge in [0, 0.05) is 12.2 Å². The van der Waals surface area contributed by atoms with Crippen molar-refractivity contribution >= 4 is 16.7 Å². The molecule has 0 radical (unpaired) electrons. The predicted octanol–water partition coefficient (Wildman–Crippen LogP) is 3.96. The quantitative estimate of drug-likeness (QED) is 0.866. The number of benzene rings is 2. The highest BCUT2D eigenvalue weighted by Gasteiger charge is 2.40. The maximum Gasteiger partial charge on any atom is 0.340 e. The van der Waals surface area contributed by atoms with E-state index in [-0.39, 0.29) is 0 Å². The first-order valence-corrected chi connectivity index (χ1v) is 7.01. The minimum absolute atomic E-state index is 0.399. The molecule has 3 nitrogen and oxygen atoms in total. The number of hydrogen-bond donors (Lipinski definition) is 1. The van der Waals surface area contributed by atoms with Crippen molar-refractivity contribution in [2.24, 2.45) is 0 Å². The molecule has 2 aromatic carbocycles. The van der Waals surface area contributed by atoms with E-state index < -0.39 is 11.6 Å². The Hall–Kier alpha value is -1.87. The van der Waals surface area contributed by atoms with Gasteiger partial charge < -0.3 is 9.84 Å². The molecule has 0 aliphatic rings. The third-order valence-corrected chi connectivity index (χ3v) is 3.62. The minimum Gasteiger partial charge on any atom is -0.479 e. The van der Waals surface area contributed by atoms with Crippen LogP contribution in [0, 0.1) is 0 Å². The Morgan fingerprint density at radius 3 is 2.50 bits per heavy atom. The fourth-order valence-corrected chi connectivity index (χ4v) is 2.55. The van der Waals surface area contributed by atoms with E-state index in [0.717, 1.165) is 22.8 Å². The summed E-state index contributed by atoms with van der Waals surface area (Å²) in [5, 5.41) is 11.7. The van der Waals surface area contributed by atoms with Crippen LogP contribution in [-0.4, -0.2) is 17.7 Å². The summed E-state index contributed by atoms with van der Waals surface area (Å²) in [6.07, 6.45) is 1.19. The number of carboxylic acids is 1. The van der Waals surface area contributed by atoms with Crippen LogP contribution in [0.4, 0.5) is 0 Å². The zero-order chi connectivity index (χ0) is 14.6. The van der Waals surface area contributed by atoms with E-state index in [1.165, 1.54) is 0 Å². The van der Waals surface area contributed by atoms with Gasteiger partial charge in [-0.3, -0.25) is 0 Å². The molecule has 3 heteroatoms. The molecule has 0 saturated carbocycles. The zero-order valence-electron chi connectivity index (χ0n) is 11.9. The lowest BCUT2D eigenvalue weighted by molar-refractivity contribution is -0.168. The van der Waals surface area contributed by atoms with Crippen LogP contribution in [0.5, 0.6) is 0 Å². The van der Waals surface area contributed by atoms with Crippen molar-refractivity contribution in [2.45, 2.75) is 32.3 Å². The van der Waals surface area contributed by atoms with Crippen LogP contribution >= 0.6 is 0 Å². The van der Waals surface area contributed by atoms with Crippen molar-refractivity contribution < 1.29 is 14.6 Å². The second-order valence-electron chi connectivity index (χ2n) is 4.86. The lowest BCUT2D eigenvalue weighted by Crippen LogP contribution is -2.38. The number of carbonyl (C=O) groups is 1. The van der Waals surface area contributed by atoms with E-state index in [1.807, 2.05) is 56.3 Å². The zero-order valence-corrected chi connectivity index (χ0v) is 11.9. The maximum atomic E-state index is 11.9. The van der Waals surface area contributed by atoms with Gasteiger partial charge in [0.15, 0.2) is 5.60 Å². The Labute approximate surface area is 119 Å². The summed E-state index contributed by atoms with van der Waals surface area (Å²) in [5.41, 5.74) is -0.532. The molecular weight excluding hydrogens is 252 g/mol. The highest BCUT2D eigenvalue weighted by atomic mass is 16.5. The Morgan fingerprint density at radius 2 is 1.85 bits per heavy atom.